The van der Waals surface area contributed by atoms with E-state index in [-0.39, 0.29) is 0 Å². The molecule has 98 heavy (non-hydrogen) atoms. The topological polar surface area (TPSA) is 124 Å². The maximum absolute atomic E-state index is 13.3. The molecule has 0 spiro atoms. The third-order valence-electron chi connectivity index (χ3n) is 17.2. The first-order valence-corrected chi connectivity index (χ1v) is 36.2. The molecule has 10 nitrogen and oxygen atoms in total. The molecule has 8 aromatic carbocycles. The summed E-state index contributed by atoms with van der Waals surface area (Å²) >= 11 is 0. The maximum atomic E-state index is 13.3. The fraction of sp³-hybridized carbons (Fsp3) is 0.364. The van der Waals surface area contributed by atoms with Crippen molar-refractivity contribution in [1.82, 2.24) is 0 Å². The van der Waals surface area contributed by atoms with Crippen molar-refractivity contribution in [3.05, 3.63) is 239 Å². The number of carbonyl (C=O) groups is 4. The quantitative estimate of drug-likeness (QED) is 0.0158. The van der Waals surface area contributed by atoms with Gasteiger partial charge in [0.2, 0.25) is 0 Å². The Morgan fingerprint density at radius 1 is 0.245 bits per heavy atom. The number of ether oxygens (including phenoxy) is 6. The van der Waals surface area contributed by atoms with Crippen LogP contribution in [0.3, 0.4) is 0 Å². The molecule has 0 aromatic heterocycles. The standard InChI is InChI=1S/C88H98O10/c1-3-5-7-9-11-13-15-17-19-21-23-25-27-29-65-93-79-61-53-75(54-62-79)85(89)95-81-57-45-71(46-58-81)39-37-69-41-49-73(50-42-69)87(91)97-83-35-31-33-77(67-83)78-34-32-36-84(68-78)98-88(92)74-51-43-70(44-52-74)38-40-72-47-59-82(60-48-72)96-86(90)76-55-63-80(64-56-76)94-66-30-28-26-24-22-20-18-16-14-12-10-8-6-4-2/h31-36,41-64,67-68H,3-30,65-66H2,1-2H3. The number of hydrogen-bond acceptors (Lipinski definition) is 10. The number of carbonyl (C=O) groups excluding carboxylic acids is 4. The van der Waals surface area contributed by atoms with Crippen LogP contribution in [-0.2, 0) is 0 Å². The lowest BCUT2D eigenvalue weighted by Gasteiger charge is -2.09. The molecule has 10 heteroatoms. The third-order valence-corrected chi connectivity index (χ3v) is 17.2. The second-order valence-corrected chi connectivity index (χ2v) is 25.3. The van der Waals surface area contributed by atoms with Gasteiger partial charge in [-0.05, 0) is 194 Å². The molecule has 0 saturated heterocycles. The fourth-order valence-corrected chi connectivity index (χ4v) is 11.4. The molecule has 0 amide bonds. The molecule has 0 saturated carbocycles. The van der Waals surface area contributed by atoms with Crippen molar-refractivity contribution >= 4 is 23.9 Å². The van der Waals surface area contributed by atoms with Crippen LogP contribution in [-0.4, -0.2) is 37.1 Å². The first kappa shape index (κ1) is 74.2. The summed E-state index contributed by atoms with van der Waals surface area (Å²) in [4.78, 5) is 52.5. The first-order valence-electron chi connectivity index (χ1n) is 36.2. The van der Waals surface area contributed by atoms with E-state index in [0.717, 1.165) is 59.4 Å². The molecule has 510 valence electrons. The maximum Gasteiger partial charge on any atom is 0.343 e. The molecule has 0 radical (unpaired) electrons. The third kappa shape index (κ3) is 27.8. The molecule has 0 atom stereocenters. The lowest BCUT2D eigenvalue weighted by atomic mass is 10.0. The summed E-state index contributed by atoms with van der Waals surface area (Å²) in [6.07, 6.45) is 36.9. The summed E-state index contributed by atoms with van der Waals surface area (Å²) in [5.74, 6) is 13.5. The van der Waals surface area contributed by atoms with Crippen molar-refractivity contribution in [3.63, 3.8) is 0 Å². The van der Waals surface area contributed by atoms with Gasteiger partial charge in [-0.15, -0.1) is 0 Å². The van der Waals surface area contributed by atoms with Gasteiger partial charge in [0.25, 0.3) is 0 Å². The zero-order valence-corrected chi connectivity index (χ0v) is 57.8. The minimum Gasteiger partial charge on any atom is -0.494 e. The zero-order chi connectivity index (χ0) is 68.5. The summed E-state index contributed by atoms with van der Waals surface area (Å²) in [5, 5.41) is 0. The van der Waals surface area contributed by atoms with Crippen LogP contribution in [0.1, 0.15) is 257 Å². The van der Waals surface area contributed by atoms with Crippen molar-refractivity contribution in [2.75, 3.05) is 13.2 Å². The first-order chi connectivity index (χ1) is 48.2. The predicted octanol–water partition coefficient (Wildman–Crippen LogP) is 22.8. The van der Waals surface area contributed by atoms with Gasteiger partial charge in [-0.1, -0.05) is 229 Å². The average molecular weight is 1320 g/mol. The van der Waals surface area contributed by atoms with E-state index >= 15 is 0 Å². The molecule has 0 heterocycles. The van der Waals surface area contributed by atoms with E-state index in [1.807, 2.05) is 36.4 Å². The molecule has 0 aliphatic heterocycles. The smallest absolute Gasteiger partial charge is 0.343 e. The summed E-state index contributed by atoms with van der Waals surface area (Å²) < 4.78 is 34.7. The Balaban J connectivity index is 0.695. The molecule has 0 unspecified atom stereocenters. The summed E-state index contributed by atoms with van der Waals surface area (Å²) in [6, 6.07) is 56.0. The highest BCUT2D eigenvalue weighted by atomic mass is 16.5. The van der Waals surface area contributed by atoms with Crippen LogP contribution < -0.4 is 28.4 Å². The molecule has 0 aliphatic carbocycles. The average Bonchev–Trinajstić information content (AvgIpc) is 0.873. The Morgan fingerprint density at radius 3 is 0.745 bits per heavy atom. The fourth-order valence-electron chi connectivity index (χ4n) is 11.4. The van der Waals surface area contributed by atoms with Gasteiger partial charge in [0.05, 0.1) is 35.5 Å². The van der Waals surface area contributed by atoms with E-state index in [2.05, 4.69) is 37.5 Å². The second-order valence-electron chi connectivity index (χ2n) is 25.3. The van der Waals surface area contributed by atoms with Crippen LogP contribution in [0.2, 0.25) is 0 Å². The number of hydrogen-bond donors (Lipinski definition) is 0. The Bertz CT molecular complexity index is 3540. The van der Waals surface area contributed by atoms with E-state index in [1.165, 1.54) is 154 Å². The normalized spacial score (nSPS) is 10.8. The van der Waals surface area contributed by atoms with Gasteiger partial charge in [-0.3, -0.25) is 0 Å². The Kier molecular flexibility index (Phi) is 32.9. The van der Waals surface area contributed by atoms with Crippen LogP contribution in [0.5, 0.6) is 34.5 Å². The van der Waals surface area contributed by atoms with E-state index in [9.17, 15) is 19.2 Å². The van der Waals surface area contributed by atoms with E-state index in [4.69, 9.17) is 28.4 Å². The highest BCUT2D eigenvalue weighted by Crippen LogP contribution is 2.29. The largest absolute Gasteiger partial charge is 0.494 e. The molecule has 0 fully saturated rings. The Hall–Kier alpha value is -9.64. The number of rotatable bonds is 41. The number of benzene rings is 8. The summed E-state index contributed by atoms with van der Waals surface area (Å²) in [5.41, 5.74) is 5.92. The van der Waals surface area contributed by atoms with Crippen LogP contribution in [0.25, 0.3) is 11.1 Å². The van der Waals surface area contributed by atoms with Gasteiger partial charge in [0.15, 0.2) is 0 Å². The van der Waals surface area contributed by atoms with Crippen LogP contribution in [0, 0.1) is 23.7 Å². The Labute approximate surface area is 583 Å². The minimum absolute atomic E-state index is 0.343. The summed E-state index contributed by atoms with van der Waals surface area (Å²) in [7, 11) is 0. The van der Waals surface area contributed by atoms with Gasteiger partial charge in [0.1, 0.15) is 34.5 Å². The van der Waals surface area contributed by atoms with Gasteiger partial charge < -0.3 is 28.4 Å². The SMILES string of the molecule is CCCCCCCCCCCCCCCCOc1ccc(C(=O)Oc2ccc(C#Cc3ccc(C(=O)Oc4cccc(-c5cccc(OC(=O)c6ccc(C#Cc7ccc(OC(=O)c8ccc(OCCCCCCCCCCCCCCCC)cc8)cc7)cc6)c5)c4)cc3)cc2)cc1. The minimum atomic E-state index is -0.534. The number of unbranched alkanes of at least 4 members (excludes halogenated alkanes) is 26. The van der Waals surface area contributed by atoms with Gasteiger partial charge in [0, 0.05) is 22.3 Å². The van der Waals surface area contributed by atoms with E-state index < -0.39 is 23.9 Å². The van der Waals surface area contributed by atoms with Crippen molar-refractivity contribution < 1.29 is 47.6 Å². The van der Waals surface area contributed by atoms with Crippen molar-refractivity contribution in [3.8, 4) is 69.3 Å². The highest BCUT2D eigenvalue weighted by Gasteiger charge is 2.15. The van der Waals surface area contributed by atoms with Crippen LogP contribution >= 0.6 is 0 Å². The van der Waals surface area contributed by atoms with Crippen molar-refractivity contribution in [2.24, 2.45) is 0 Å². The Morgan fingerprint density at radius 2 is 0.469 bits per heavy atom. The lowest BCUT2D eigenvalue weighted by Crippen LogP contribution is -2.08. The molecule has 0 bridgehead atoms. The van der Waals surface area contributed by atoms with Crippen LogP contribution in [0.15, 0.2) is 194 Å². The monoisotopic (exact) mass is 1310 g/mol. The molecule has 8 rings (SSSR count). The van der Waals surface area contributed by atoms with Gasteiger partial charge >= 0.3 is 23.9 Å². The highest BCUT2D eigenvalue weighted by molar-refractivity contribution is 5.93. The van der Waals surface area contributed by atoms with Crippen LogP contribution in [0.4, 0.5) is 0 Å². The predicted molar refractivity (Wildman–Crippen MR) is 394 cm³/mol. The summed E-state index contributed by atoms with van der Waals surface area (Å²) in [6.45, 7) is 5.86. The molecule has 0 N–H and O–H groups in total. The second kappa shape index (κ2) is 43.5. The molecular formula is C88H98O10. The van der Waals surface area contributed by atoms with Gasteiger partial charge in [-0.2, -0.15) is 0 Å². The van der Waals surface area contributed by atoms with E-state index in [0.29, 0.717) is 69.6 Å². The lowest BCUT2D eigenvalue weighted by molar-refractivity contribution is 0.0725. The zero-order valence-electron chi connectivity index (χ0n) is 57.8. The molecular weight excluding hydrogens is 1220 g/mol. The van der Waals surface area contributed by atoms with Crippen molar-refractivity contribution in [1.29, 1.82) is 0 Å². The molecule has 0 aliphatic rings. The molecule has 8 aromatic rings. The van der Waals surface area contributed by atoms with E-state index in [1.54, 1.807) is 158 Å². The number of esters is 4. The van der Waals surface area contributed by atoms with Crippen molar-refractivity contribution in [2.45, 2.75) is 194 Å². The van der Waals surface area contributed by atoms with Gasteiger partial charge in [-0.25, -0.2) is 19.2 Å².